The maximum atomic E-state index is 13.7. The van der Waals surface area contributed by atoms with E-state index in [1.807, 2.05) is 13.0 Å². The number of benzene rings is 2. The molecule has 1 amide bonds. The molecule has 3 aromatic rings. The number of ether oxygens (including phenoxy) is 1. The second kappa shape index (κ2) is 9.00. The zero-order valence-corrected chi connectivity index (χ0v) is 18.1. The first kappa shape index (κ1) is 22.0. The highest BCUT2D eigenvalue weighted by atomic mass is 19.1. The van der Waals surface area contributed by atoms with Gasteiger partial charge in [0.25, 0.3) is 5.56 Å². The molecule has 1 heterocycles. The number of pyridine rings is 1. The van der Waals surface area contributed by atoms with Crippen LogP contribution in [0.3, 0.4) is 0 Å². The molecule has 160 valence electrons. The highest BCUT2D eigenvalue weighted by Gasteiger charge is 2.15. The summed E-state index contributed by atoms with van der Waals surface area (Å²) in [6, 6.07) is 9.91. The summed E-state index contributed by atoms with van der Waals surface area (Å²) in [5.41, 5.74) is 3.96. The minimum atomic E-state index is -0.334. The van der Waals surface area contributed by atoms with Gasteiger partial charge in [-0.3, -0.25) is 9.59 Å². The van der Waals surface area contributed by atoms with E-state index in [1.54, 1.807) is 45.3 Å². The highest BCUT2D eigenvalue weighted by molar-refractivity contribution is 5.99. The molecule has 0 saturated heterocycles. The van der Waals surface area contributed by atoms with Gasteiger partial charge in [-0.05, 0) is 73.9 Å². The molecular formula is C25H25FN2O3. The summed E-state index contributed by atoms with van der Waals surface area (Å²) in [6.07, 6.45) is 3.50. The summed E-state index contributed by atoms with van der Waals surface area (Å²) in [6.45, 7) is 8.96. The molecule has 1 N–H and O–H groups in total. The Hall–Kier alpha value is -3.67. The monoisotopic (exact) mass is 420 g/mol. The van der Waals surface area contributed by atoms with Gasteiger partial charge in [-0.1, -0.05) is 13.5 Å². The molecule has 2 aromatic carbocycles. The van der Waals surface area contributed by atoms with Crippen molar-refractivity contribution in [1.82, 2.24) is 4.57 Å². The third kappa shape index (κ3) is 4.74. The number of halogens is 1. The number of nitrogens with zero attached hydrogens (tertiary/aromatic N) is 1. The van der Waals surface area contributed by atoms with Crippen LogP contribution in [0.5, 0.6) is 11.5 Å². The molecular weight excluding hydrogens is 395 g/mol. The first-order valence-electron chi connectivity index (χ1n) is 9.95. The van der Waals surface area contributed by atoms with Gasteiger partial charge in [0.05, 0.1) is 0 Å². The van der Waals surface area contributed by atoms with Crippen LogP contribution >= 0.6 is 0 Å². The molecule has 0 aliphatic rings. The fourth-order valence-electron chi connectivity index (χ4n) is 3.47. The fourth-order valence-corrected chi connectivity index (χ4v) is 3.47. The van der Waals surface area contributed by atoms with Gasteiger partial charge in [-0.25, -0.2) is 4.39 Å². The van der Waals surface area contributed by atoms with Crippen LogP contribution < -0.4 is 15.6 Å². The van der Waals surface area contributed by atoms with Crippen LogP contribution in [0.4, 0.5) is 10.1 Å². The van der Waals surface area contributed by atoms with Crippen molar-refractivity contribution in [3.05, 3.63) is 88.1 Å². The van der Waals surface area contributed by atoms with E-state index in [1.165, 1.54) is 22.8 Å². The van der Waals surface area contributed by atoms with Crippen LogP contribution in [0.1, 0.15) is 23.6 Å². The predicted molar refractivity (Wildman–Crippen MR) is 121 cm³/mol. The van der Waals surface area contributed by atoms with Gasteiger partial charge in [0.15, 0.2) is 0 Å². The van der Waals surface area contributed by atoms with Crippen molar-refractivity contribution < 1.29 is 13.9 Å². The van der Waals surface area contributed by atoms with Crippen LogP contribution in [-0.4, -0.2) is 10.5 Å². The van der Waals surface area contributed by atoms with Crippen LogP contribution in [0, 0.1) is 19.7 Å². The number of aryl methyl sites for hydroxylation is 4. The Bertz CT molecular complexity index is 1200. The lowest BCUT2D eigenvalue weighted by Crippen LogP contribution is -2.20. The minimum absolute atomic E-state index is 0.0601. The first-order chi connectivity index (χ1) is 14.7. The number of aromatic nitrogens is 1. The standard InChI is InChI=1S/C25H25FN2O3/c1-6-17-12-18(14-28(5)25(17)30)21-13-20(27-23(29)7-2)8-9-22(21)31-24-15(3)10-19(26)11-16(24)4/h7-14H,2,6H2,1,3-5H3,(H,27,29). The van der Waals surface area contributed by atoms with E-state index in [0.717, 1.165) is 5.56 Å². The Balaban J connectivity index is 2.18. The topological polar surface area (TPSA) is 60.3 Å². The number of rotatable bonds is 6. The number of amides is 1. The molecule has 0 aliphatic carbocycles. The van der Waals surface area contributed by atoms with Crippen molar-refractivity contribution in [2.75, 3.05) is 5.32 Å². The van der Waals surface area contributed by atoms with Crippen molar-refractivity contribution in [2.24, 2.45) is 7.05 Å². The maximum Gasteiger partial charge on any atom is 0.253 e. The third-order valence-corrected chi connectivity index (χ3v) is 5.02. The molecule has 6 heteroatoms. The van der Waals surface area contributed by atoms with E-state index < -0.39 is 0 Å². The number of carbonyl (C=O) groups is 1. The van der Waals surface area contributed by atoms with E-state index in [2.05, 4.69) is 11.9 Å². The van der Waals surface area contributed by atoms with Gasteiger partial charge in [0.2, 0.25) is 5.91 Å². The highest BCUT2D eigenvalue weighted by Crippen LogP contribution is 2.38. The van der Waals surface area contributed by atoms with Gasteiger partial charge < -0.3 is 14.6 Å². The summed E-state index contributed by atoms with van der Waals surface area (Å²) in [5, 5.41) is 2.75. The minimum Gasteiger partial charge on any atom is -0.456 e. The van der Waals surface area contributed by atoms with Crippen LogP contribution in [0.2, 0.25) is 0 Å². The second-order valence-electron chi connectivity index (χ2n) is 7.40. The lowest BCUT2D eigenvalue weighted by atomic mass is 10.0. The molecule has 31 heavy (non-hydrogen) atoms. The molecule has 0 saturated carbocycles. The van der Waals surface area contributed by atoms with E-state index in [9.17, 15) is 14.0 Å². The van der Waals surface area contributed by atoms with Crippen molar-refractivity contribution in [1.29, 1.82) is 0 Å². The zero-order chi connectivity index (χ0) is 22.7. The number of nitrogens with one attached hydrogen (secondary N) is 1. The normalized spacial score (nSPS) is 10.6. The number of carbonyl (C=O) groups excluding carboxylic acids is 1. The number of hydrogen-bond donors (Lipinski definition) is 1. The summed E-state index contributed by atoms with van der Waals surface area (Å²) >= 11 is 0. The molecule has 0 aliphatic heterocycles. The van der Waals surface area contributed by atoms with Crippen molar-refractivity contribution in [3.8, 4) is 22.6 Å². The molecule has 0 bridgehead atoms. The Morgan fingerprint density at radius 2 is 1.87 bits per heavy atom. The van der Waals surface area contributed by atoms with E-state index in [4.69, 9.17) is 4.74 Å². The lowest BCUT2D eigenvalue weighted by molar-refractivity contribution is -0.111. The average molecular weight is 420 g/mol. The molecule has 0 atom stereocenters. The van der Waals surface area contributed by atoms with Gasteiger partial charge in [-0.15, -0.1) is 0 Å². The summed E-state index contributed by atoms with van der Waals surface area (Å²) in [7, 11) is 1.70. The molecule has 1 aromatic heterocycles. The molecule has 0 fully saturated rings. The number of hydrogen-bond acceptors (Lipinski definition) is 3. The van der Waals surface area contributed by atoms with E-state index in [0.29, 0.717) is 45.9 Å². The van der Waals surface area contributed by atoms with Gasteiger partial charge >= 0.3 is 0 Å². The van der Waals surface area contributed by atoms with Crippen LogP contribution in [0.25, 0.3) is 11.1 Å². The van der Waals surface area contributed by atoms with Crippen LogP contribution in [0.15, 0.2) is 60.0 Å². The maximum absolute atomic E-state index is 13.7. The molecule has 0 radical (unpaired) electrons. The van der Waals surface area contributed by atoms with Crippen molar-refractivity contribution in [2.45, 2.75) is 27.2 Å². The number of anilines is 1. The average Bonchev–Trinajstić information content (AvgIpc) is 2.73. The van der Waals surface area contributed by atoms with Crippen LogP contribution in [-0.2, 0) is 18.3 Å². The van der Waals surface area contributed by atoms with Gasteiger partial charge in [0, 0.05) is 35.6 Å². The largest absolute Gasteiger partial charge is 0.456 e. The molecule has 5 nitrogen and oxygen atoms in total. The smallest absolute Gasteiger partial charge is 0.253 e. The molecule has 3 rings (SSSR count). The summed E-state index contributed by atoms with van der Waals surface area (Å²) in [4.78, 5) is 24.1. The second-order valence-corrected chi connectivity index (χ2v) is 7.40. The lowest BCUT2D eigenvalue weighted by Gasteiger charge is -2.17. The van der Waals surface area contributed by atoms with Gasteiger partial charge in [0.1, 0.15) is 17.3 Å². The fraction of sp³-hybridized carbons (Fsp3) is 0.200. The Morgan fingerprint density at radius 1 is 1.19 bits per heavy atom. The van der Waals surface area contributed by atoms with E-state index >= 15 is 0 Å². The Morgan fingerprint density at radius 3 is 2.48 bits per heavy atom. The van der Waals surface area contributed by atoms with Gasteiger partial charge in [-0.2, -0.15) is 0 Å². The predicted octanol–water partition coefficient (Wildman–Crippen LogP) is 5.29. The van der Waals surface area contributed by atoms with Crippen molar-refractivity contribution in [3.63, 3.8) is 0 Å². The summed E-state index contributed by atoms with van der Waals surface area (Å²) in [5.74, 6) is 0.427. The molecule has 0 unspecified atom stereocenters. The van der Waals surface area contributed by atoms with E-state index in [-0.39, 0.29) is 17.3 Å². The third-order valence-electron chi connectivity index (χ3n) is 5.02. The molecule has 0 spiro atoms. The Kier molecular flexibility index (Phi) is 6.39. The Labute approximate surface area is 180 Å². The quantitative estimate of drug-likeness (QED) is 0.552. The van der Waals surface area contributed by atoms with Crippen molar-refractivity contribution >= 4 is 11.6 Å². The summed E-state index contributed by atoms with van der Waals surface area (Å²) < 4.78 is 21.5. The SMILES string of the molecule is C=CC(=O)Nc1ccc(Oc2c(C)cc(F)cc2C)c(-c2cc(CC)c(=O)n(C)c2)c1. The first-order valence-corrected chi connectivity index (χ1v) is 9.95. The zero-order valence-electron chi connectivity index (χ0n) is 18.1.